The van der Waals surface area contributed by atoms with Gasteiger partial charge in [0.15, 0.2) is 0 Å². The van der Waals surface area contributed by atoms with Crippen LogP contribution in [-0.4, -0.2) is 31.9 Å². The van der Waals surface area contributed by atoms with Gasteiger partial charge >= 0.3 is 0 Å². The maximum absolute atomic E-state index is 13.0. The summed E-state index contributed by atoms with van der Waals surface area (Å²) >= 11 is 5.85. The molecule has 0 aliphatic heterocycles. The van der Waals surface area contributed by atoms with Crippen LogP contribution < -0.4 is 0 Å². The largest absolute Gasteiger partial charge is 0.337 e. The van der Waals surface area contributed by atoms with Gasteiger partial charge in [-0.05, 0) is 39.0 Å². The highest BCUT2D eigenvalue weighted by atomic mass is 35.5. The number of hydrogen-bond donors (Lipinski definition) is 0. The fourth-order valence-electron chi connectivity index (χ4n) is 2.85. The van der Waals surface area contributed by atoms with E-state index in [0.717, 1.165) is 17.2 Å². The second-order valence-corrected chi connectivity index (χ2v) is 7.26. The van der Waals surface area contributed by atoms with Gasteiger partial charge in [0.2, 0.25) is 11.7 Å². The Hall–Kier alpha value is -3.26. The summed E-state index contributed by atoms with van der Waals surface area (Å²) in [6.07, 6.45) is 0. The Balaban J connectivity index is 1.88. The molecule has 8 nitrogen and oxygen atoms in total. The lowest BCUT2D eigenvalue weighted by Gasteiger charge is -2.25. The van der Waals surface area contributed by atoms with Crippen LogP contribution in [0, 0.1) is 17.0 Å². The van der Waals surface area contributed by atoms with E-state index in [1.165, 1.54) is 17.0 Å². The van der Waals surface area contributed by atoms with Crippen LogP contribution in [0.3, 0.4) is 0 Å². The van der Waals surface area contributed by atoms with Crippen molar-refractivity contribution in [3.63, 3.8) is 0 Å². The Morgan fingerprint density at radius 1 is 1.28 bits per heavy atom. The van der Waals surface area contributed by atoms with Gasteiger partial charge in [-0.2, -0.15) is 4.98 Å². The summed E-state index contributed by atoms with van der Waals surface area (Å²) in [6, 6.07) is 11.4. The molecule has 0 saturated heterocycles. The quantitative estimate of drug-likeness (QED) is 0.429. The van der Waals surface area contributed by atoms with Crippen LogP contribution in [0.15, 0.2) is 47.0 Å². The fraction of sp³-hybridized carbons (Fsp3) is 0.250. The normalized spacial score (nSPS) is 10.9. The van der Waals surface area contributed by atoms with Gasteiger partial charge in [-0.1, -0.05) is 40.5 Å². The van der Waals surface area contributed by atoms with Crippen LogP contribution in [-0.2, 0) is 6.54 Å². The zero-order valence-corrected chi connectivity index (χ0v) is 16.9. The summed E-state index contributed by atoms with van der Waals surface area (Å²) in [5.41, 5.74) is 1.46. The molecule has 0 spiro atoms. The third-order valence-electron chi connectivity index (χ3n) is 4.32. The van der Waals surface area contributed by atoms with E-state index in [4.69, 9.17) is 16.1 Å². The number of nitrogens with zero attached hydrogens (tertiary/aromatic N) is 4. The Labute approximate surface area is 172 Å². The molecule has 150 valence electrons. The zero-order valence-electron chi connectivity index (χ0n) is 16.1. The number of rotatable bonds is 6. The average molecular weight is 415 g/mol. The molecule has 0 radical (unpaired) electrons. The summed E-state index contributed by atoms with van der Waals surface area (Å²) in [4.78, 5) is 29.6. The van der Waals surface area contributed by atoms with E-state index >= 15 is 0 Å². The third-order valence-corrected chi connectivity index (χ3v) is 4.56. The van der Waals surface area contributed by atoms with Gasteiger partial charge in [-0.3, -0.25) is 14.9 Å². The van der Waals surface area contributed by atoms with Crippen molar-refractivity contribution in [2.75, 3.05) is 0 Å². The summed E-state index contributed by atoms with van der Waals surface area (Å²) in [6.45, 7) is 5.59. The first-order valence-electron chi connectivity index (χ1n) is 8.91. The SMILES string of the molecule is Cc1cccc(-c2noc(CN(C(=O)c3ccc(Cl)cc3[N+](=O)[O-])C(C)C)n2)c1. The average Bonchev–Trinajstić information content (AvgIpc) is 3.14. The number of halogens is 1. The number of carbonyl (C=O) groups is 1. The first kappa shape index (κ1) is 20.5. The second-order valence-electron chi connectivity index (χ2n) is 6.83. The standard InChI is InChI=1S/C20H19ClN4O4/c1-12(2)24(20(26)16-8-7-15(21)10-17(16)25(27)28)11-18-22-19(23-29-18)14-6-4-5-13(3)9-14/h4-10,12H,11H2,1-3H3. The van der Waals surface area contributed by atoms with Crippen molar-refractivity contribution in [2.45, 2.75) is 33.4 Å². The minimum atomic E-state index is -0.625. The molecule has 1 aromatic heterocycles. The molecule has 0 saturated carbocycles. The van der Waals surface area contributed by atoms with E-state index in [1.54, 1.807) is 13.8 Å². The van der Waals surface area contributed by atoms with Gasteiger partial charge in [0.25, 0.3) is 11.6 Å². The van der Waals surface area contributed by atoms with Crippen molar-refractivity contribution in [3.8, 4) is 11.4 Å². The van der Waals surface area contributed by atoms with Crippen LogP contribution in [0.2, 0.25) is 5.02 Å². The molecule has 0 bridgehead atoms. The molecule has 0 unspecified atom stereocenters. The van der Waals surface area contributed by atoms with E-state index < -0.39 is 10.8 Å². The minimum absolute atomic E-state index is 0.0229. The van der Waals surface area contributed by atoms with E-state index in [-0.39, 0.29) is 34.8 Å². The van der Waals surface area contributed by atoms with Crippen molar-refractivity contribution in [3.05, 3.63) is 74.6 Å². The highest BCUT2D eigenvalue weighted by Gasteiger charge is 2.28. The highest BCUT2D eigenvalue weighted by molar-refractivity contribution is 6.31. The number of nitro groups is 1. The molecule has 1 amide bonds. The monoisotopic (exact) mass is 414 g/mol. The lowest BCUT2D eigenvalue weighted by Crippen LogP contribution is -2.36. The van der Waals surface area contributed by atoms with Crippen molar-refractivity contribution in [1.82, 2.24) is 15.0 Å². The van der Waals surface area contributed by atoms with E-state index in [1.807, 2.05) is 31.2 Å². The molecule has 9 heteroatoms. The fourth-order valence-corrected chi connectivity index (χ4v) is 3.01. The van der Waals surface area contributed by atoms with Gasteiger partial charge in [0.05, 0.1) is 4.92 Å². The molecule has 3 aromatic rings. The number of nitro benzene ring substituents is 1. The Morgan fingerprint density at radius 3 is 2.69 bits per heavy atom. The van der Waals surface area contributed by atoms with E-state index in [9.17, 15) is 14.9 Å². The third kappa shape index (κ3) is 4.60. The number of aromatic nitrogens is 2. The molecular weight excluding hydrogens is 396 g/mol. The van der Waals surface area contributed by atoms with Crippen LogP contribution in [0.25, 0.3) is 11.4 Å². The summed E-state index contributed by atoms with van der Waals surface area (Å²) < 4.78 is 5.31. The predicted molar refractivity (Wildman–Crippen MR) is 108 cm³/mol. The Morgan fingerprint density at radius 2 is 2.03 bits per heavy atom. The summed E-state index contributed by atoms with van der Waals surface area (Å²) in [5.74, 6) is 0.135. The van der Waals surface area contributed by atoms with Gasteiger partial charge in [-0.15, -0.1) is 0 Å². The van der Waals surface area contributed by atoms with Crippen molar-refractivity contribution < 1.29 is 14.2 Å². The van der Waals surface area contributed by atoms with Gasteiger partial charge in [0, 0.05) is 22.7 Å². The smallest absolute Gasteiger partial charge is 0.283 e. The molecule has 0 N–H and O–H groups in total. The topological polar surface area (TPSA) is 102 Å². The van der Waals surface area contributed by atoms with Crippen LogP contribution in [0.1, 0.15) is 35.7 Å². The first-order valence-corrected chi connectivity index (χ1v) is 9.28. The molecule has 0 aliphatic carbocycles. The van der Waals surface area contributed by atoms with E-state index in [0.29, 0.717) is 5.82 Å². The summed E-state index contributed by atoms with van der Waals surface area (Å²) in [5, 5.41) is 15.5. The van der Waals surface area contributed by atoms with Crippen LogP contribution in [0.4, 0.5) is 5.69 Å². The number of aryl methyl sites for hydroxylation is 1. The number of carbonyl (C=O) groups excluding carboxylic acids is 1. The zero-order chi connectivity index (χ0) is 21.1. The number of amides is 1. The van der Waals surface area contributed by atoms with Crippen molar-refractivity contribution >= 4 is 23.2 Å². The maximum Gasteiger partial charge on any atom is 0.283 e. The van der Waals surface area contributed by atoms with Crippen molar-refractivity contribution in [2.24, 2.45) is 0 Å². The van der Waals surface area contributed by atoms with Gasteiger partial charge < -0.3 is 9.42 Å². The Bertz CT molecular complexity index is 1060. The lowest BCUT2D eigenvalue weighted by atomic mass is 10.1. The molecule has 29 heavy (non-hydrogen) atoms. The van der Waals surface area contributed by atoms with Crippen molar-refractivity contribution in [1.29, 1.82) is 0 Å². The van der Waals surface area contributed by atoms with Gasteiger partial charge in [0.1, 0.15) is 12.1 Å². The lowest BCUT2D eigenvalue weighted by molar-refractivity contribution is -0.385. The maximum atomic E-state index is 13.0. The second kappa shape index (κ2) is 8.40. The Kier molecular flexibility index (Phi) is 5.93. The molecule has 0 atom stereocenters. The van der Waals surface area contributed by atoms with Crippen LogP contribution >= 0.6 is 11.6 Å². The van der Waals surface area contributed by atoms with Gasteiger partial charge in [-0.25, -0.2) is 0 Å². The number of benzene rings is 2. The predicted octanol–water partition coefficient (Wildman–Crippen LogP) is 4.66. The molecule has 1 heterocycles. The highest BCUT2D eigenvalue weighted by Crippen LogP contribution is 2.26. The van der Waals surface area contributed by atoms with Crippen LogP contribution in [0.5, 0.6) is 0 Å². The molecule has 3 rings (SSSR count). The summed E-state index contributed by atoms with van der Waals surface area (Å²) in [7, 11) is 0. The number of hydrogen-bond acceptors (Lipinski definition) is 6. The first-order chi connectivity index (χ1) is 13.8. The molecular formula is C20H19ClN4O4. The molecule has 0 aliphatic rings. The molecule has 2 aromatic carbocycles. The minimum Gasteiger partial charge on any atom is -0.337 e. The molecule has 0 fully saturated rings. The van der Waals surface area contributed by atoms with E-state index in [2.05, 4.69) is 10.1 Å².